The molecule has 1 saturated heterocycles. The number of hydrogen-bond donors (Lipinski definition) is 1. The lowest BCUT2D eigenvalue weighted by Crippen LogP contribution is -2.46. The lowest BCUT2D eigenvalue weighted by atomic mass is 9.89. The SMILES string of the molecule is COc1cccc(C(=O)N[C@@H]2CCCC3(C2)OCCO3)c1. The molecule has 1 amide bonds. The topological polar surface area (TPSA) is 56.8 Å². The highest BCUT2D eigenvalue weighted by molar-refractivity contribution is 5.94. The van der Waals surface area contributed by atoms with Gasteiger partial charge in [-0.25, -0.2) is 0 Å². The Kier molecular flexibility index (Phi) is 4.12. The lowest BCUT2D eigenvalue weighted by Gasteiger charge is -2.36. The fourth-order valence-corrected chi connectivity index (χ4v) is 3.11. The Morgan fingerprint density at radius 2 is 2.19 bits per heavy atom. The molecule has 1 N–H and O–H groups in total. The molecule has 21 heavy (non-hydrogen) atoms. The summed E-state index contributed by atoms with van der Waals surface area (Å²) in [4.78, 5) is 12.3. The summed E-state index contributed by atoms with van der Waals surface area (Å²) in [6.45, 7) is 1.30. The maximum Gasteiger partial charge on any atom is 0.251 e. The Balaban J connectivity index is 1.64. The molecule has 0 unspecified atom stereocenters. The van der Waals surface area contributed by atoms with Crippen molar-refractivity contribution in [2.24, 2.45) is 0 Å². The van der Waals surface area contributed by atoms with Crippen LogP contribution in [0.15, 0.2) is 24.3 Å². The first-order valence-corrected chi connectivity index (χ1v) is 7.44. The summed E-state index contributed by atoms with van der Waals surface area (Å²) in [5.41, 5.74) is 0.613. The van der Waals surface area contributed by atoms with Crippen molar-refractivity contribution in [1.29, 1.82) is 0 Å². The highest BCUT2D eigenvalue weighted by Gasteiger charge is 2.41. The molecule has 2 fully saturated rings. The van der Waals surface area contributed by atoms with E-state index in [1.54, 1.807) is 19.2 Å². The van der Waals surface area contributed by atoms with Crippen LogP contribution in [0.5, 0.6) is 5.75 Å². The highest BCUT2D eigenvalue weighted by Crippen LogP contribution is 2.35. The van der Waals surface area contributed by atoms with E-state index in [9.17, 15) is 4.79 Å². The molecule has 1 heterocycles. The molecule has 0 aromatic heterocycles. The molecule has 1 aliphatic heterocycles. The second-order valence-corrected chi connectivity index (χ2v) is 5.61. The number of rotatable bonds is 3. The van der Waals surface area contributed by atoms with Crippen molar-refractivity contribution in [3.05, 3.63) is 29.8 Å². The lowest BCUT2D eigenvalue weighted by molar-refractivity contribution is -0.181. The average molecular weight is 291 g/mol. The quantitative estimate of drug-likeness (QED) is 0.926. The summed E-state index contributed by atoms with van der Waals surface area (Å²) in [6.07, 6.45) is 3.61. The third kappa shape index (κ3) is 3.19. The van der Waals surface area contributed by atoms with Gasteiger partial charge in [0.15, 0.2) is 5.79 Å². The van der Waals surface area contributed by atoms with Crippen LogP contribution in [0, 0.1) is 0 Å². The summed E-state index contributed by atoms with van der Waals surface area (Å²) < 4.78 is 16.6. The number of ether oxygens (including phenoxy) is 3. The van der Waals surface area contributed by atoms with Crippen LogP contribution >= 0.6 is 0 Å². The molecule has 1 spiro atoms. The van der Waals surface area contributed by atoms with E-state index in [1.165, 1.54) is 0 Å². The van der Waals surface area contributed by atoms with Gasteiger partial charge in [0.2, 0.25) is 0 Å². The van der Waals surface area contributed by atoms with Crippen molar-refractivity contribution in [1.82, 2.24) is 5.32 Å². The molecule has 2 aliphatic rings. The summed E-state index contributed by atoms with van der Waals surface area (Å²) in [5, 5.41) is 3.08. The van der Waals surface area contributed by atoms with Gasteiger partial charge in [-0.1, -0.05) is 6.07 Å². The predicted octanol–water partition coefficient (Wildman–Crippen LogP) is 2.11. The zero-order valence-electron chi connectivity index (χ0n) is 12.3. The number of amides is 1. The summed E-state index contributed by atoms with van der Waals surface area (Å²) in [5.74, 6) is 0.143. The smallest absolute Gasteiger partial charge is 0.251 e. The van der Waals surface area contributed by atoms with Crippen LogP contribution in [-0.2, 0) is 9.47 Å². The van der Waals surface area contributed by atoms with Gasteiger partial charge in [-0.3, -0.25) is 4.79 Å². The monoisotopic (exact) mass is 291 g/mol. The zero-order valence-corrected chi connectivity index (χ0v) is 12.3. The van der Waals surface area contributed by atoms with E-state index in [2.05, 4.69) is 5.32 Å². The molecular formula is C16H21NO4. The molecule has 114 valence electrons. The van der Waals surface area contributed by atoms with Crippen molar-refractivity contribution in [2.45, 2.75) is 37.5 Å². The number of carbonyl (C=O) groups excluding carboxylic acids is 1. The normalized spacial score (nSPS) is 24.0. The summed E-state index contributed by atoms with van der Waals surface area (Å²) in [6, 6.07) is 7.28. The van der Waals surface area contributed by atoms with Crippen molar-refractivity contribution < 1.29 is 19.0 Å². The second kappa shape index (κ2) is 6.03. The number of methoxy groups -OCH3 is 1. The third-order valence-corrected chi connectivity index (χ3v) is 4.15. The van der Waals surface area contributed by atoms with Crippen LogP contribution in [0.4, 0.5) is 0 Å². The van der Waals surface area contributed by atoms with Gasteiger partial charge < -0.3 is 19.5 Å². The average Bonchev–Trinajstić information content (AvgIpc) is 2.95. The van der Waals surface area contributed by atoms with Crippen LogP contribution in [-0.4, -0.2) is 38.1 Å². The van der Waals surface area contributed by atoms with Gasteiger partial charge in [-0.15, -0.1) is 0 Å². The van der Waals surface area contributed by atoms with Gasteiger partial charge >= 0.3 is 0 Å². The standard InChI is InChI=1S/C16H21NO4/c1-19-14-6-2-4-12(10-14)15(18)17-13-5-3-7-16(11-13)20-8-9-21-16/h2,4,6,10,13H,3,5,7-9,11H2,1H3,(H,17,18)/t13-/m1/s1. The van der Waals surface area contributed by atoms with Crippen molar-refractivity contribution in [2.75, 3.05) is 20.3 Å². The molecular weight excluding hydrogens is 270 g/mol. The molecule has 1 saturated carbocycles. The maximum atomic E-state index is 12.3. The molecule has 0 bridgehead atoms. The van der Waals surface area contributed by atoms with Crippen LogP contribution in [0.1, 0.15) is 36.0 Å². The number of nitrogens with one attached hydrogen (secondary N) is 1. The van der Waals surface area contributed by atoms with E-state index in [4.69, 9.17) is 14.2 Å². The van der Waals surface area contributed by atoms with Crippen LogP contribution in [0.3, 0.4) is 0 Å². The second-order valence-electron chi connectivity index (χ2n) is 5.61. The van der Waals surface area contributed by atoms with E-state index in [0.29, 0.717) is 24.5 Å². The minimum atomic E-state index is -0.468. The van der Waals surface area contributed by atoms with Gasteiger partial charge in [0.05, 0.1) is 20.3 Å². The zero-order chi connectivity index (χ0) is 14.7. The van der Waals surface area contributed by atoms with E-state index < -0.39 is 5.79 Å². The van der Waals surface area contributed by atoms with Crippen molar-refractivity contribution in [3.63, 3.8) is 0 Å². The number of benzene rings is 1. The van der Waals surface area contributed by atoms with E-state index in [-0.39, 0.29) is 11.9 Å². The minimum Gasteiger partial charge on any atom is -0.497 e. The van der Waals surface area contributed by atoms with Gasteiger partial charge in [0.1, 0.15) is 5.75 Å². The largest absolute Gasteiger partial charge is 0.497 e. The Bertz CT molecular complexity index is 511. The fourth-order valence-electron chi connectivity index (χ4n) is 3.11. The Hall–Kier alpha value is -1.59. The Morgan fingerprint density at radius 3 is 2.95 bits per heavy atom. The molecule has 0 radical (unpaired) electrons. The highest BCUT2D eigenvalue weighted by atomic mass is 16.7. The minimum absolute atomic E-state index is 0.0750. The molecule has 1 aliphatic carbocycles. The molecule has 5 nitrogen and oxygen atoms in total. The Labute approximate surface area is 124 Å². The maximum absolute atomic E-state index is 12.3. The fraction of sp³-hybridized carbons (Fsp3) is 0.562. The molecule has 1 atom stereocenters. The van der Waals surface area contributed by atoms with Crippen LogP contribution in [0.2, 0.25) is 0 Å². The third-order valence-electron chi connectivity index (χ3n) is 4.15. The summed E-state index contributed by atoms with van der Waals surface area (Å²) in [7, 11) is 1.59. The molecule has 5 heteroatoms. The first-order chi connectivity index (χ1) is 10.2. The number of hydrogen-bond acceptors (Lipinski definition) is 4. The Morgan fingerprint density at radius 1 is 1.38 bits per heavy atom. The van der Waals surface area contributed by atoms with E-state index >= 15 is 0 Å². The first kappa shape index (κ1) is 14.4. The van der Waals surface area contributed by atoms with Crippen LogP contribution in [0.25, 0.3) is 0 Å². The van der Waals surface area contributed by atoms with Gasteiger partial charge in [-0.05, 0) is 31.0 Å². The van der Waals surface area contributed by atoms with Crippen LogP contribution < -0.4 is 10.1 Å². The van der Waals surface area contributed by atoms with Crippen molar-refractivity contribution in [3.8, 4) is 5.75 Å². The summed E-state index contributed by atoms with van der Waals surface area (Å²) >= 11 is 0. The molecule has 1 aromatic carbocycles. The van der Waals surface area contributed by atoms with Gasteiger partial charge in [0.25, 0.3) is 5.91 Å². The first-order valence-electron chi connectivity index (χ1n) is 7.44. The molecule has 1 aromatic rings. The van der Waals surface area contributed by atoms with E-state index in [1.807, 2.05) is 12.1 Å². The number of carbonyl (C=O) groups is 1. The predicted molar refractivity (Wildman–Crippen MR) is 77.4 cm³/mol. The van der Waals surface area contributed by atoms with E-state index in [0.717, 1.165) is 25.7 Å². The van der Waals surface area contributed by atoms with Gasteiger partial charge in [0, 0.05) is 24.4 Å². The van der Waals surface area contributed by atoms with Crippen molar-refractivity contribution >= 4 is 5.91 Å². The van der Waals surface area contributed by atoms with Gasteiger partial charge in [-0.2, -0.15) is 0 Å². The molecule has 3 rings (SSSR count).